The van der Waals surface area contributed by atoms with E-state index in [-0.39, 0.29) is 11.8 Å². The van der Waals surface area contributed by atoms with E-state index >= 15 is 0 Å². The number of nitro groups is 1. The van der Waals surface area contributed by atoms with Crippen LogP contribution in [-0.4, -0.2) is 53.3 Å². The third-order valence-electron chi connectivity index (χ3n) is 4.98. The summed E-state index contributed by atoms with van der Waals surface area (Å²) in [5.74, 6) is -0.534. The van der Waals surface area contributed by atoms with Crippen molar-refractivity contribution in [2.45, 2.75) is 37.8 Å². The Morgan fingerprint density at radius 1 is 1.13 bits per heavy atom. The van der Waals surface area contributed by atoms with Gasteiger partial charge in [-0.15, -0.1) is 0 Å². The van der Waals surface area contributed by atoms with Gasteiger partial charge in [0.25, 0.3) is 5.69 Å². The first-order valence-corrected chi connectivity index (χ1v) is 8.15. The summed E-state index contributed by atoms with van der Waals surface area (Å²) < 4.78 is 14.1. The Morgan fingerprint density at radius 2 is 1.78 bits per heavy atom. The van der Waals surface area contributed by atoms with Gasteiger partial charge in [-0.1, -0.05) is 0 Å². The largest absolute Gasteiger partial charge is 0.393 e. The summed E-state index contributed by atoms with van der Waals surface area (Å²) in [6.07, 6.45) is 3.62. The van der Waals surface area contributed by atoms with Gasteiger partial charge >= 0.3 is 0 Å². The number of hydrogen-bond acceptors (Lipinski definition) is 5. The highest BCUT2D eigenvalue weighted by Gasteiger charge is 2.28. The average molecular weight is 323 g/mol. The molecule has 6 nitrogen and oxygen atoms in total. The first kappa shape index (κ1) is 16.1. The van der Waals surface area contributed by atoms with Crippen LogP contribution in [0.5, 0.6) is 0 Å². The van der Waals surface area contributed by atoms with Crippen LogP contribution in [0.3, 0.4) is 0 Å². The van der Waals surface area contributed by atoms with Gasteiger partial charge in [0.2, 0.25) is 0 Å². The molecule has 23 heavy (non-hydrogen) atoms. The summed E-state index contributed by atoms with van der Waals surface area (Å²) >= 11 is 0. The summed E-state index contributed by atoms with van der Waals surface area (Å²) in [7, 11) is 0. The third kappa shape index (κ3) is 3.61. The SMILES string of the molecule is O=[N+]([O-])c1ccc(N2CCN([C@H]3CC[C@H](O)CC3)CC2)c(F)c1. The lowest BCUT2D eigenvalue weighted by molar-refractivity contribution is -0.385. The highest BCUT2D eigenvalue weighted by molar-refractivity contribution is 5.52. The second-order valence-electron chi connectivity index (χ2n) is 6.38. The smallest absolute Gasteiger partial charge is 0.272 e. The molecule has 1 aromatic rings. The Morgan fingerprint density at radius 3 is 2.35 bits per heavy atom. The maximum atomic E-state index is 14.1. The Balaban J connectivity index is 1.59. The standard InChI is InChI=1S/C16H22FN3O3/c17-15-11-13(20(22)23)3-6-16(15)19-9-7-18(8-10-19)12-1-4-14(21)5-2-12/h3,6,11-12,14,21H,1-2,4-5,7-10H2/t12-,14-. The van der Waals surface area contributed by atoms with E-state index in [2.05, 4.69) is 4.90 Å². The molecule has 0 radical (unpaired) electrons. The molecule has 2 aliphatic rings. The number of piperazine rings is 1. The summed E-state index contributed by atoms with van der Waals surface area (Å²) in [5, 5.41) is 20.3. The number of nitro benzene ring substituents is 1. The monoisotopic (exact) mass is 323 g/mol. The van der Waals surface area contributed by atoms with Gasteiger partial charge in [0.15, 0.2) is 5.82 Å². The molecule has 0 aromatic heterocycles. The Labute approximate surface area is 134 Å². The molecular weight excluding hydrogens is 301 g/mol. The van der Waals surface area contributed by atoms with Gasteiger partial charge in [-0.2, -0.15) is 0 Å². The Kier molecular flexibility index (Phi) is 4.77. The van der Waals surface area contributed by atoms with Crippen LogP contribution in [0, 0.1) is 15.9 Å². The van der Waals surface area contributed by atoms with Crippen molar-refractivity contribution < 1.29 is 14.4 Å². The second kappa shape index (κ2) is 6.80. The Bertz CT molecular complexity index is 568. The van der Waals surface area contributed by atoms with Crippen molar-refractivity contribution in [3.63, 3.8) is 0 Å². The highest BCUT2D eigenvalue weighted by Crippen LogP contribution is 2.27. The lowest BCUT2D eigenvalue weighted by atomic mass is 9.91. The molecule has 1 aliphatic heterocycles. The number of nitrogens with zero attached hydrogens (tertiary/aromatic N) is 3. The minimum absolute atomic E-state index is 0.151. The van der Waals surface area contributed by atoms with Crippen LogP contribution >= 0.6 is 0 Å². The molecule has 126 valence electrons. The fourth-order valence-electron chi connectivity index (χ4n) is 3.62. The van der Waals surface area contributed by atoms with Crippen molar-refractivity contribution in [2.75, 3.05) is 31.1 Å². The van der Waals surface area contributed by atoms with Crippen molar-refractivity contribution in [3.05, 3.63) is 34.1 Å². The molecule has 0 amide bonds. The van der Waals surface area contributed by atoms with E-state index in [1.54, 1.807) is 0 Å². The molecule has 0 bridgehead atoms. The predicted molar refractivity (Wildman–Crippen MR) is 85.1 cm³/mol. The average Bonchev–Trinajstić information content (AvgIpc) is 2.56. The topological polar surface area (TPSA) is 69.9 Å². The number of rotatable bonds is 3. The van der Waals surface area contributed by atoms with E-state index in [0.717, 1.165) is 44.8 Å². The number of hydrogen-bond donors (Lipinski definition) is 1. The van der Waals surface area contributed by atoms with Gasteiger partial charge in [0, 0.05) is 38.3 Å². The lowest BCUT2D eigenvalue weighted by Gasteiger charge is -2.42. The van der Waals surface area contributed by atoms with Gasteiger partial charge in [0.05, 0.1) is 22.8 Å². The molecular formula is C16H22FN3O3. The lowest BCUT2D eigenvalue weighted by Crippen LogP contribution is -2.51. The van der Waals surface area contributed by atoms with Crippen molar-refractivity contribution in [3.8, 4) is 0 Å². The van der Waals surface area contributed by atoms with E-state index < -0.39 is 10.7 Å². The first-order chi connectivity index (χ1) is 11.0. The van der Waals surface area contributed by atoms with E-state index in [9.17, 15) is 19.6 Å². The van der Waals surface area contributed by atoms with E-state index in [1.807, 2.05) is 4.90 Å². The zero-order valence-corrected chi connectivity index (χ0v) is 13.0. The third-order valence-corrected chi connectivity index (χ3v) is 4.98. The Hall–Kier alpha value is -1.73. The van der Waals surface area contributed by atoms with Crippen LogP contribution in [-0.2, 0) is 0 Å². The van der Waals surface area contributed by atoms with Crippen molar-refractivity contribution in [2.24, 2.45) is 0 Å². The van der Waals surface area contributed by atoms with Crippen LogP contribution < -0.4 is 4.90 Å². The molecule has 0 unspecified atom stereocenters. The molecule has 1 N–H and O–H groups in total. The fourth-order valence-corrected chi connectivity index (χ4v) is 3.62. The van der Waals surface area contributed by atoms with Crippen molar-refractivity contribution in [1.82, 2.24) is 4.90 Å². The number of aliphatic hydroxyl groups is 1. The first-order valence-electron chi connectivity index (χ1n) is 8.15. The van der Waals surface area contributed by atoms with Gasteiger partial charge in [-0.3, -0.25) is 15.0 Å². The predicted octanol–water partition coefficient (Wildman–Crippen LogP) is 2.16. The summed E-state index contributed by atoms with van der Waals surface area (Å²) in [5.41, 5.74) is 0.222. The molecule has 1 saturated heterocycles. The van der Waals surface area contributed by atoms with Gasteiger partial charge in [0.1, 0.15) is 0 Å². The van der Waals surface area contributed by atoms with Gasteiger partial charge in [-0.25, -0.2) is 4.39 Å². The summed E-state index contributed by atoms with van der Waals surface area (Å²) in [6.45, 7) is 3.15. The molecule has 0 spiro atoms. The van der Waals surface area contributed by atoms with Crippen molar-refractivity contribution >= 4 is 11.4 Å². The molecule has 2 fully saturated rings. The van der Waals surface area contributed by atoms with Crippen molar-refractivity contribution in [1.29, 1.82) is 0 Å². The maximum Gasteiger partial charge on any atom is 0.272 e. The number of aliphatic hydroxyl groups excluding tert-OH is 1. The van der Waals surface area contributed by atoms with Gasteiger partial charge in [-0.05, 0) is 31.7 Å². The summed E-state index contributed by atoms with van der Waals surface area (Å²) in [4.78, 5) is 14.5. The van der Waals surface area contributed by atoms with Crippen LogP contribution in [0.2, 0.25) is 0 Å². The van der Waals surface area contributed by atoms with Crippen LogP contribution in [0.15, 0.2) is 18.2 Å². The number of halogens is 1. The van der Waals surface area contributed by atoms with E-state index in [4.69, 9.17) is 0 Å². The quantitative estimate of drug-likeness (QED) is 0.682. The number of anilines is 1. The minimum Gasteiger partial charge on any atom is -0.393 e. The minimum atomic E-state index is -0.581. The molecule has 1 saturated carbocycles. The summed E-state index contributed by atoms with van der Waals surface area (Å²) in [6, 6.07) is 4.36. The zero-order chi connectivity index (χ0) is 16.4. The van der Waals surface area contributed by atoms with E-state index in [0.29, 0.717) is 24.8 Å². The van der Waals surface area contributed by atoms with Crippen LogP contribution in [0.25, 0.3) is 0 Å². The normalized spacial score (nSPS) is 26.3. The zero-order valence-electron chi connectivity index (χ0n) is 13.0. The molecule has 1 aromatic carbocycles. The molecule has 1 heterocycles. The molecule has 3 rings (SSSR count). The maximum absolute atomic E-state index is 14.1. The second-order valence-corrected chi connectivity index (χ2v) is 6.38. The number of benzene rings is 1. The number of non-ortho nitro benzene ring substituents is 1. The van der Waals surface area contributed by atoms with Crippen LogP contribution in [0.1, 0.15) is 25.7 Å². The van der Waals surface area contributed by atoms with Crippen LogP contribution in [0.4, 0.5) is 15.8 Å². The van der Waals surface area contributed by atoms with Gasteiger partial charge < -0.3 is 10.0 Å². The molecule has 1 aliphatic carbocycles. The molecule has 7 heteroatoms. The highest BCUT2D eigenvalue weighted by atomic mass is 19.1. The molecule has 0 atom stereocenters. The fraction of sp³-hybridized carbons (Fsp3) is 0.625. The van der Waals surface area contributed by atoms with E-state index in [1.165, 1.54) is 12.1 Å².